The van der Waals surface area contributed by atoms with Gasteiger partial charge in [0.15, 0.2) is 0 Å². The molecule has 0 aliphatic heterocycles. The minimum Gasteiger partial charge on any atom is -0.462 e. The summed E-state index contributed by atoms with van der Waals surface area (Å²) < 4.78 is 4.86. The van der Waals surface area contributed by atoms with Crippen LogP contribution in [0, 0.1) is 10.1 Å². The summed E-state index contributed by atoms with van der Waals surface area (Å²) in [6.07, 6.45) is 3.03. The van der Waals surface area contributed by atoms with Crippen LogP contribution < -0.4 is 10.2 Å². The topological polar surface area (TPSA) is 110 Å². The Hall–Kier alpha value is -3.23. The highest BCUT2D eigenvalue weighted by molar-refractivity contribution is 5.96. The predicted octanol–water partition coefficient (Wildman–Crippen LogP) is 2.11. The molecule has 0 aliphatic carbocycles. The Labute approximate surface area is 144 Å². The lowest BCUT2D eigenvalue weighted by Gasteiger charge is -2.18. The van der Waals surface area contributed by atoms with E-state index in [0.717, 1.165) is 5.82 Å². The number of aromatic nitrogens is 2. The molecule has 0 amide bonds. The second-order valence-electron chi connectivity index (χ2n) is 5.07. The van der Waals surface area contributed by atoms with Crippen molar-refractivity contribution in [1.82, 2.24) is 9.97 Å². The van der Waals surface area contributed by atoms with Gasteiger partial charge in [-0.25, -0.2) is 14.8 Å². The van der Waals surface area contributed by atoms with Gasteiger partial charge in [0.1, 0.15) is 11.4 Å². The Morgan fingerprint density at radius 1 is 1.32 bits per heavy atom. The molecule has 0 atom stereocenters. The van der Waals surface area contributed by atoms with Crippen molar-refractivity contribution in [3.05, 3.63) is 52.3 Å². The molecule has 9 nitrogen and oxygen atoms in total. The van der Waals surface area contributed by atoms with E-state index in [9.17, 15) is 14.9 Å². The van der Waals surface area contributed by atoms with Gasteiger partial charge in [-0.15, -0.1) is 0 Å². The fraction of sp³-hybridized carbons (Fsp3) is 0.312. The first kappa shape index (κ1) is 18.1. The quantitative estimate of drug-likeness (QED) is 0.440. The summed E-state index contributed by atoms with van der Waals surface area (Å²) in [5, 5.41) is 14.3. The molecule has 0 saturated heterocycles. The third-order valence-electron chi connectivity index (χ3n) is 3.38. The lowest BCUT2D eigenvalue weighted by Crippen LogP contribution is -2.26. The fourth-order valence-corrected chi connectivity index (χ4v) is 2.18. The van der Waals surface area contributed by atoms with Gasteiger partial charge in [-0.05, 0) is 25.1 Å². The van der Waals surface area contributed by atoms with Gasteiger partial charge < -0.3 is 15.0 Å². The van der Waals surface area contributed by atoms with Gasteiger partial charge in [-0.3, -0.25) is 10.1 Å². The molecule has 2 rings (SSSR count). The van der Waals surface area contributed by atoms with Crippen molar-refractivity contribution in [2.45, 2.75) is 6.92 Å². The molecule has 0 bridgehead atoms. The van der Waals surface area contributed by atoms with Crippen LogP contribution in [0.4, 0.5) is 17.3 Å². The van der Waals surface area contributed by atoms with Gasteiger partial charge >= 0.3 is 11.7 Å². The van der Waals surface area contributed by atoms with Gasteiger partial charge in [0.05, 0.1) is 11.5 Å². The minimum absolute atomic E-state index is 0.0324. The van der Waals surface area contributed by atoms with Crippen molar-refractivity contribution in [3.8, 4) is 0 Å². The van der Waals surface area contributed by atoms with E-state index in [1.165, 1.54) is 12.3 Å². The number of rotatable bonds is 8. The van der Waals surface area contributed by atoms with Crippen LogP contribution in [0.5, 0.6) is 0 Å². The molecule has 9 heteroatoms. The minimum atomic E-state index is -0.745. The number of esters is 1. The van der Waals surface area contributed by atoms with Crippen molar-refractivity contribution in [1.29, 1.82) is 0 Å². The van der Waals surface area contributed by atoms with E-state index in [0.29, 0.717) is 13.1 Å². The molecule has 2 heterocycles. The van der Waals surface area contributed by atoms with Crippen molar-refractivity contribution in [2.24, 2.45) is 0 Å². The first-order valence-corrected chi connectivity index (χ1v) is 7.71. The number of carbonyl (C=O) groups is 1. The highest BCUT2D eigenvalue weighted by atomic mass is 16.6. The second-order valence-corrected chi connectivity index (χ2v) is 5.07. The fourth-order valence-electron chi connectivity index (χ4n) is 2.18. The third-order valence-corrected chi connectivity index (χ3v) is 3.38. The van der Waals surface area contributed by atoms with Crippen LogP contribution in [-0.2, 0) is 4.74 Å². The molecular weight excluding hydrogens is 326 g/mol. The number of ether oxygens (including phenoxy) is 1. The summed E-state index contributed by atoms with van der Waals surface area (Å²) in [6.45, 7) is 2.69. The number of likely N-dealkylation sites (N-methyl/N-ethyl adjacent to an activating group) is 1. The van der Waals surface area contributed by atoms with Gasteiger partial charge in [-0.2, -0.15) is 0 Å². The van der Waals surface area contributed by atoms with E-state index in [1.807, 2.05) is 30.1 Å². The van der Waals surface area contributed by atoms with Gasteiger partial charge in [0.25, 0.3) is 0 Å². The summed E-state index contributed by atoms with van der Waals surface area (Å²) in [5.41, 5.74) is -0.510. The molecule has 132 valence electrons. The van der Waals surface area contributed by atoms with Crippen molar-refractivity contribution < 1.29 is 14.5 Å². The maximum absolute atomic E-state index is 11.9. The number of nitrogens with one attached hydrogen (secondary N) is 1. The standard InChI is InChI=1S/C16H19N5O4/c1-3-25-16(22)12-7-9-18-15(14(12)21(23)24)19-10-11-20(2)13-6-4-5-8-17-13/h4-9H,3,10-11H2,1-2H3,(H,18,19). The molecule has 0 aromatic carbocycles. The lowest BCUT2D eigenvalue weighted by molar-refractivity contribution is -0.384. The van der Waals surface area contributed by atoms with Crippen LogP contribution in [0.3, 0.4) is 0 Å². The summed E-state index contributed by atoms with van der Waals surface area (Å²) in [5.74, 6) is 0.0715. The number of pyridine rings is 2. The van der Waals surface area contributed by atoms with E-state index >= 15 is 0 Å². The van der Waals surface area contributed by atoms with Gasteiger partial charge in [0.2, 0.25) is 5.82 Å². The highest BCUT2D eigenvalue weighted by Crippen LogP contribution is 2.26. The Balaban J connectivity index is 2.10. The zero-order valence-corrected chi connectivity index (χ0v) is 14.0. The number of anilines is 2. The van der Waals surface area contributed by atoms with Crippen molar-refractivity contribution >= 4 is 23.3 Å². The lowest BCUT2D eigenvalue weighted by atomic mass is 10.2. The molecule has 0 saturated carbocycles. The summed E-state index contributed by atoms with van der Waals surface area (Å²) in [4.78, 5) is 32.7. The summed E-state index contributed by atoms with van der Waals surface area (Å²) in [6, 6.07) is 6.84. The number of carbonyl (C=O) groups excluding carboxylic acids is 1. The average Bonchev–Trinajstić information content (AvgIpc) is 2.62. The van der Waals surface area contributed by atoms with E-state index in [1.54, 1.807) is 13.1 Å². The zero-order valence-electron chi connectivity index (χ0n) is 14.0. The summed E-state index contributed by atoms with van der Waals surface area (Å²) >= 11 is 0. The molecule has 0 radical (unpaired) electrons. The second kappa shape index (κ2) is 8.57. The van der Waals surface area contributed by atoms with Crippen LogP contribution in [-0.4, -0.2) is 47.6 Å². The maximum atomic E-state index is 11.9. The number of hydrogen-bond acceptors (Lipinski definition) is 8. The SMILES string of the molecule is CCOC(=O)c1ccnc(NCCN(C)c2ccccn2)c1[N+](=O)[O-]. The first-order chi connectivity index (χ1) is 12.0. The van der Waals surface area contributed by atoms with E-state index in [-0.39, 0.29) is 23.7 Å². The molecule has 2 aromatic heterocycles. The van der Waals surface area contributed by atoms with Crippen molar-refractivity contribution in [2.75, 3.05) is 37.0 Å². The molecule has 0 fully saturated rings. The van der Waals surface area contributed by atoms with Crippen LogP contribution in [0.1, 0.15) is 17.3 Å². The Kier molecular flexibility index (Phi) is 6.21. The molecule has 1 N–H and O–H groups in total. The smallest absolute Gasteiger partial charge is 0.345 e. The molecule has 25 heavy (non-hydrogen) atoms. The average molecular weight is 345 g/mol. The van der Waals surface area contributed by atoms with E-state index in [4.69, 9.17) is 4.74 Å². The van der Waals surface area contributed by atoms with Gasteiger partial charge in [0, 0.05) is 32.5 Å². The van der Waals surface area contributed by atoms with Crippen molar-refractivity contribution in [3.63, 3.8) is 0 Å². The number of nitro groups is 1. The van der Waals surface area contributed by atoms with Crippen LogP contribution in [0.15, 0.2) is 36.7 Å². The van der Waals surface area contributed by atoms with E-state index < -0.39 is 10.9 Å². The monoisotopic (exact) mass is 345 g/mol. The molecule has 0 spiro atoms. The van der Waals surface area contributed by atoms with Crippen LogP contribution in [0.2, 0.25) is 0 Å². The summed E-state index contributed by atoms with van der Waals surface area (Å²) in [7, 11) is 1.86. The van der Waals surface area contributed by atoms with Crippen LogP contribution in [0.25, 0.3) is 0 Å². The molecular formula is C16H19N5O4. The Morgan fingerprint density at radius 2 is 2.12 bits per heavy atom. The maximum Gasteiger partial charge on any atom is 0.345 e. The zero-order chi connectivity index (χ0) is 18.2. The molecule has 2 aromatic rings. The molecule has 0 aliphatic rings. The van der Waals surface area contributed by atoms with Crippen LogP contribution >= 0.6 is 0 Å². The third kappa shape index (κ3) is 4.63. The number of hydrogen-bond donors (Lipinski definition) is 1. The number of nitrogens with zero attached hydrogens (tertiary/aromatic N) is 4. The normalized spacial score (nSPS) is 10.2. The Bertz CT molecular complexity index is 739. The van der Waals surface area contributed by atoms with Gasteiger partial charge in [-0.1, -0.05) is 6.07 Å². The molecule has 0 unspecified atom stereocenters. The highest BCUT2D eigenvalue weighted by Gasteiger charge is 2.26. The first-order valence-electron chi connectivity index (χ1n) is 7.71. The largest absolute Gasteiger partial charge is 0.462 e. The Morgan fingerprint density at radius 3 is 2.76 bits per heavy atom. The predicted molar refractivity (Wildman–Crippen MR) is 92.8 cm³/mol. The van der Waals surface area contributed by atoms with E-state index in [2.05, 4.69) is 15.3 Å².